The van der Waals surface area contributed by atoms with Crippen molar-refractivity contribution < 1.29 is 8.42 Å². The van der Waals surface area contributed by atoms with Crippen LogP contribution in [0.1, 0.15) is 32.1 Å². The van der Waals surface area contributed by atoms with E-state index in [-0.39, 0.29) is 6.04 Å². The van der Waals surface area contributed by atoms with E-state index in [0.29, 0.717) is 11.3 Å². The van der Waals surface area contributed by atoms with Crippen molar-refractivity contribution in [2.75, 3.05) is 0 Å². The zero-order chi connectivity index (χ0) is 13.2. The zero-order valence-corrected chi connectivity index (χ0v) is 12.6. The van der Waals surface area contributed by atoms with Gasteiger partial charge < -0.3 is 5.73 Å². The molecule has 1 fully saturated rings. The average Bonchev–Trinajstić information content (AvgIpc) is 2.54. The fraction of sp³-hybridized carbons (Fsp3) is 0.538. The molecule has 0 bridgehead atoms. The summed E-state index contributed by atoms with van der Waals surface area (Å²) in [7, 11) is -3.31. The van der Waals surface area contributed by atoms with Crippen LogP contribution in [0.25, 0.3) is 0 Å². The maximum Gasteiger partial charge on any atom is 0.182 e. The summed E-state index contributed by atoms with van der Waals surface area (Å²) in [6.07, 6.45) is 4.55. The molecule has 1 saturated carbocycles. The van der Waals surface area contributed by atoms with E-state index < -0.39 is 15.1 Å². The molecule has 0 spiro atoms. The number of nitrogens with two attached hydrogens (primary N) is 1. The molecule has 0 aromatic heterocycles. The van der Waals surface area contributed by atoms with Crippen LogP contribution in [0.15, 0.2) is 33.6 Å². The fourth-order valence-electron chi connectivity index (χ4n) is 2.51. The van der Waals surface area contributed by atoms with Crippen molar-refractivity contribution in [1.29, 1.82) is 0 Å². The first-order valence-electron chi connectivity index (χ1n) is 6.27. The molecule has 100 valence electrons. The number of hydrogen-bond donors (Lipinski definition) is 1. The van der Waals surface area contributed by atoms with Gasteiger partial charge in [0.05, 0.1) is 10.1 Å². The van der Waals surface area contributed by atoms with Gasteiger partial charge in [0.1, 0.15) is 0 Å². The molecule has 2 rings (SSSR count). The quantitative estimate of drug-likeness (QED) is 0.847. The third kappa shape index (κ3) is 2.95. The average molecular weight is 332 g/mol. The van der Waals surface area contributed by atoms with E-state index in [2.05, 4.69) is 15.9 Å². The van der Waals surface area contributed by atoms with Gasteiger partial charge in [-0.15, -0.1) is 0 Å². The molecule has 2 N–H and O–H groups in total. The second-order valence-electron chi connectivity index (χ2n) is 4.84. The van der Waals surface area contributed by atoms with E-state index in [1.165, 1.54) is 0 Å². The smallest absolute Gasteiger partial charge is 0.182 e. The van der Waals surface area contributed by atoms with E-state index in [0.717, 1.165) is 30.2 Å². The number of rotatable bonds is 2. The van der Waals surface area contributed by atoms with Crippen molar-refractivity contribution in [1.82, 2.24) is 0 Å². The summed E-state index contributed by atoms with van der Waals surface area (Å²) >= 11 is 3.31. The third-order valence-electron chi connectivity index (χ3n) is 3.53. The van der Waals surface area contributed by atoms with Gasteiger partial charge in [0.2, 0.25) is 0 Å². The van der Waals surface area contributed by atoms with Gasteiger partial charge in [0.25, 0.3) is 0 Å². The molecular weight excluding hydrogens is 314 g/mol. The molecule has 0 saturated heterocycles. The zero-order valence-electron chi connectivity index (χ0n) is 10.2. The summed E-state index contributed by atoms with van der Waals surface area (Å²) in [5.74, 6) is 0. The highest BCUT2D eigenvalue weighted by atomic mass is 79.9. The van der Waals surface area contributed by atoms with E-state index in [9.17, 15) is 8.42 Å². The van der Waals surface area contributed by atoms with Crippen LogP contribution in [0.4, 0.5) is 0 Å². The Morgan fingerprint density at radius 2 is 1.89 bits per heavy atom. The lowest BCUT2D eigenvalue weighted by atomic mass is 10.1. The van der Waals surface area contributed by atoms with Gasteiger partial charge in [-0.05, 0) is 31.0 Å². The lowest BCUT2D eigenvalue weighted by molar-refractivity contribution is 0.531. The summed E-state index contributed by atoms with van der Waals surface area (Å²) < 4.78 is 26.0. The van der Waals surface area contributed by atoms with Gasteiger partial charge in [-0.1, -0.05) is 41.3 Å². The SMILES string of the molecule is NC1CCCCCC1S(=O)(=O)c1cccc(Br)c1. The standard InChI is InChI=1S/C13H18BrNO2S/c14-10-5-4-6-11(9-10)18(16,17)13-8-3-1-2-7-12(13)15/h4-6,9,12-13H,1-3,7-8,15H2. The number of halogens is 1. The molecule has 1 aromatic carbocycles. The Labute approximate surface area is 117 Å². The van der Waals surface area contributed by atoms with E-state index in [1.807, 2.05) is 6.07 Å². The van der Waals surface area contributed by atoms with Crippen LogP contribution in [-0.4, -0.2) is 19.7 Å². The van der Waals surface area contributed by atoms with Crippen LogP contribution in [0.2, 0.25) is 0 Å². The minimum atomic E-state index is -3.31. The van der Waals surface area contributed by atoms with Crippen LogP contribution in [0.3, 0.4) is 0 Å². The van der Waals surface area contributed by atoms with Gasteiger partial charge in [0.15, 0.2) is 9.84 Å². The monoisotopic (exact) mass is 331 g/mol. The maximum absolute atomic E-state index is 12.6. The third-order valence-corrected chi connectivity index (χ3v) is 6.31. The molecule has 1 aromatic rings. The van der Waals surface area contributed by atoms with Gasteiger partial charge in [-0.2, -0.15) is 0 Å². The Balaban J connectivity index is 2.35. The maximum atomic E-state index is 12.6. The summed E-state index contributed by atoms with van der Waals surface area (Å²) in [6, 6.07) is 6.65. The Morgan fingerprint density at radius 1 is 1.17 bits per heavy atom. The lowest BCUT2D eigenvalue weighted by Crippen LogP contribution is -2.39. The molecule has 0 radical (unpaired) electrons. The summed E-state index contributed by atoms with van der Waals surface area (Å²) in [5, 5.41) is -0.436. The normalized spacial score (nSPS) is 25.7. The van der Waals surface area contributed by atoms with Gasteiger partial charge in [-0.3, -0.25) is 0 Å². The van der Waals surface area contributed by atoms with Crippen LogP contribution in [0.5, 0.6) is 0 Å². The van der Waals surface area contributed by atoms with Crippen molar-refractivity contribution >= 4 is 25.8 Å². The highest BCUT2D eigenvalue weighted by Crippen LogP contribution is 2.28. The Morgan fingerprint density at radius 3 is 2.61 bits per heavy atom. The first kappa shape index (κ1) is 14.0. The first-order valence-corrected chi connectivity index (χ1v) is 8.61. The number of benzene rings is 1. The fourth-order valence-corrected chi connectivity index (χ4v) is 5.04. The van der Waals surface area contributed by atoms with Crippen molar-refractivity contribution in [2.45, 2.75) is 48.3 Å². The van der Waals surface area contributed by atoms with Crippen LogP contribution >= 0.6 is 15.9 Å². The molecule has 1 aliphatic carbocycles. The molecule has 18 heavy (non-hydrogen) atoms. The van der Waals surface area contributed by atoms with E-state index in [4.69, 9.17) is 5.73 Å². The predicted octanol–water partition coefficient (Wildman–Crippen LogP) is 2.88. The largest absolute Gasteiger partial charge is 0.327 e. The van der Waals surface area contributed by atoms with E-state index in [1.54, 1.807) is 18.2 Å². The van der Waals surface area contributed by atoms with Crippen molar-refractivity contribution in [3.63, 3.8) is 0 Å². The van der Waals surface area contributed by atoms with Gasteiger partial charge in [-0.25, -0.2) is 8.42 Å². The molecular formula is C13H18BrNO2S. The number of hydrogen-bond acceptors (Lipinski definition) is 3. The summed E-state index contributed by atoms with van der Waals surface area (Å²) in [5.41, 5.74) is 6.05. The minimum absolute atomic E-state index is 0.239. The highest BCUT2D eigenvalue weighted by molar-refractivity contribution is 9.10. The highest BCUT2D eigenvalue weighted by Gasteiger charge is 2.33. The van der Waals surface area contributed by atoms with E-state index >= 15 is 0 Å². The first-order chi connectivity index (χ1) is 8.51. The molecule has 3 nitrogen and oxygen atoms in total. The second kappa shape index (κ2) is 5.72. The van der Waals surface area contributed by atoms with Crippen LogP contribution in [0, 0.1) is 0 Å². The minimum Gasteiger partial charge on any atom is -0.327 e. The number of sulfone groups is 1. The van der Waals surface area contributed by atoms with Gasteiger partial charge >= 0.3 is 0 Å². The van der Waals surface area contributed by atoms with Crippen molar-refractivity contribution in [3.8, 4) is 0 Å². The Hall–Kier alpha value is -0.390. The second-order valence-corrected chi connectivity index (χ2v) is 7.93. The van der Waals surface area contributed by atoms with Crippen LogP contribution in [-0.2, 0) is 9.84 Å². The summed E-state index contributed by atoms with van der Waals surface area (Å²) in [6.45, 7) is 0. The van der Waals surface area contributed by atoms with Gasteiger partial charge in [0, 0.05) is 10.5 Å². The molecule has 0 heterocycles. The summed E-state index contributed by atoms with van der Waals surface area (Å²) in [4.78, 5) is 0.374. The molecule has 1 aliphatic rings. The molecule has 2 unspecified atom stereocenters. The molecule has 0 aliphatic heterocycles. The molecule has 5 heteroatoms. The Bertz CT molecular complexity index is 515. The lowest BCUT2D eigenvalue weighted by Gasteiger charge is -2.21. The Kier molecular flexibility index (Phi) is 4.45. The van der Waals surface area contributed by atoms with Crippen molar-refractivity contribution in [3.05, 3.63) is 28.7 Å². The predicted molar refractivity (Wildman–Crippen MR) is 76.2 cm³/mol. The topological polar surface area (TPSA) is 60.2 Å². The van der Waals surface area contributed by atoms with Crippen LogP contribution < -0.4 is 5.73 Å². The van der Waals surface area contributed by atoms with Crippen molar-refractivity contribution in [2.24, 2.45) is 5.73 Å². The molecule has 0 amide bonds. The molecule has 2 atom stereocenters.